The monoisotopic (exact) mass is 209 g/mol. The highest BCUT2D eigenvalue weighted by molar-refractivity contribution is 6.28. The van der Waals surface area contributed by atoms with Crippen molar-refractivity contribution in [3.05, 3.63) is 16.7 Å². The van der Waals surface area contributed by atoms with Crippen LogP contribution in [0.5, 0.6) is 0 Å². The minimum absolute atomic E-state index is 0.364. The van der Waals surface area contributed by atoms with Gasteiger partial charge in [-0.15, -0.1) is 0 Å². The first kappa shape index (κ1) is 8.48. The number of hydrogen-bond donors (Lipinski definition) is 1. The number of rotatable bonds is 2. The van der Waals surface area contributed by atoms with E-state index in [-0.39, 0.29) is 0 Å². The van der Waals surface area contributed by atoms with Crippen LogP contribution in [0.4, 0.5) is 5.69 Å². The molecule has 0 amide bonds. The van der Waals surface area contributed by atoms with Gasteiger partial charge < -0.3 is 5.73 Å². The predicted octanol–water partition coefficient (Wildman–Crippen LogP) is 2.47. The lowest BCUT2D eigenvalue weighted by Crippen LogP contribution is -2.04. The van der Waals surface area contributed by atoms with Gasteiger partial charge in [-0.25, -0.2) is 9.97 Å². The Hall–Kier alpha value is -0.830. The largest absolute Gasteiger partial charge is 0.396 e. The molecule has 0 bridgehead atoms. The molecule has 2 fully saturated rings. The lowest BCUT2D eigenvalue weighted by molar-refractivity contribution is 0.932. The van der Waals surface area contributed by atoms with E-state index >= 15 is 0 Å². The zero-order chi connectivity index (χ0) is 9.71. The average molecular weight is 210 g/mol. The van der Waals surface area contributed by atoms with Gasteiger partial charge in [0.1, 0.15) is 0 Å². The third-order valence-electron chi connectivity index (χ3n) is 2.91. The van der Waals surface area contributed by atoms with E-state index in [1.54, 1.807) is 0 Å². The van der Waals surface area contributed by atoms with E-state index in [1.165, 1.54) is 25.7 Å². The highest BCUT2D eigenvalue weighted by Gasteiger charge is 2.33. The van der Waals surface area contributed by atoms with E-state index in [0.29, 0.717) is 17.1 Å². The number of anilines is 1. The van der Waals surface area contributed by atoms with Crippen LogP contribution in [-0.2, 0) is 0 Å². The molecular formula is C10H12ClN3. The standard InChI is InChI=1S/C10H12ClN3/c11-10-13-8(5-1-2-5)7(12)9(14-10)6-3-4-6/h5-6H,1-4,12H2. The SMILES string of the molecule is Nc1c(C2CC2)nc(Cl)nc1C1CC1. The summed E-state index contributed by atoms with van der Waals surface area (Å²) in [6, 6.07) is 0. The summed E-state index contributed by atoms with van der Waals surface area (Å²) in [5, 5.41) is 0.364. The molecule has 3 nitrogen and oxygen atoms in total. The summed E-state index contributed by atoms with van der Waals surface area (Å²) in [5.41, 5.74) is 8.84. The lowest BCUT2D eigenvalue weighted by atomic mass is 10.1. The van der Waals surface area contributed by atoms with Crippen molar-refractivity contribution in [2.24, 2.45) is 0 Å². The van der Waals surface area contributed by atoms with Gasteiger partial charge in [-0.3, -0.25) is 0 Å². The van der Waals surface area contributed by atoms with Gasteiger partial charge in [0.15, 0.2) is 0 Å². The van der Waals surface area contributed by atoms with E-state index in [9.17, 15) is 0 Å². The molecule has 2 saturated carbocycles. The maximum absolute atomic E-state index is 6.05. The van der Waals surface area contributed by atoms with E-state index in [2.05, 4.69) is 9.97 Å². The molecule has 1 heterocycles. The number of nitrogens with two attached hydrogens (primary N) is 1. The molecule has 4 heteroatoms. The number of aromatic nitrogens is 2. The first-order valence-electron chi connectivity index (χ1n) is 5.08. The topological polar surface area (TPSA) is 51.8 Å². The average Bonchev–Trinajstić information content (AvgIpc) is 3.03. The second-order valence-electron chi connectivity index (χ2n) is 4.23. The van der Waals surface area contributed by atoms with Crippen LogP contribution in [0, 0.1) is 0 Å². The van der Waals surface area contributed by atoms with Crippen LogP contribution in [0.15, 0.2) is 0 Å². The fourth-order valence-electron chi connectivity index (χ4n) is 1.81. The van der Waals surface area contributed by atoms with Crippen molar-refractivity contribution in [1.82, 2.24) is 9.97 Å². The van der Waals surface area contributed by atoms with E-state index in [0.717, 1.165) is 17.1 Å². The van der Waals surface area contributed by atoms with Gasteiger partial charge in [-0.05, 0) is 37.3 Å². The molecular weight excluding hydrogens is 198 g/mol. The van der Waals surface area contributed by atoms with Crippen molar-refractivity contribution in [3.63, 3.8) is 0 Å². The van der Waals surface area contributed by atoms with E-state index in [1.807, 2.05) is 0 Å². The summed E-state index contributed by atoms with van der Waals surface area (Å²) in [6.45, 7) is 0. The second-order valence-corrected chi connectivity index (χ2v) is 4.56. The van der Waals surface area contributed by atoms with Crippen molar-refractivity contribution in [1.29, 1.82) is 0 Å². The van der Waals surface area contributed by atoms with Crippen LogP contribution in [0.3, 0.4) is 0 Å². The molecule has 2 N–H and O–H groups in total. The molecule has 3 rings (SSSR count). The van der Waals surface area contributed by atoms with E-state index in [4.69, 9.17) is 17.3 Å². The Morgan fingerprint density at radius 2 is 1.43 bits per heavy atom. The normalized spacial score (nSPS) is 21.2. The van der Waals surface area contributed by atoms with Gasteiger partial charge in [0, 0.05) is 11.8 Å². The molecule has 0 unspecified atom stereocenters. The summed E-state index contributed by atoms with van der Waals surface area (Å²) < 4.78 is 0. The van der Waals surface area contributed by atoms with Crippen molar-refractivity contribution < 1.29 is 0 Å². The molecule has 74 valence electrons. The third-order valence-corrected chi connectivity index (χ3v) is 3.07. The fourth-order valence-corrected chi connectivity index (χ4v) is 1.99. The minimum Gasteiger partial charge on any atom is -0.396 e. The Balaban J connectivity index is 2.09. The predicted molar refractivity (Wildman–Crippen MR) is 55.4 cm³/mol. The molecule has 1 aromatic heterocycles. The summed E-state index contributed by atoms with van der Waals surface area (Å²) in [6.07, 6.45) is 4.78. The van der Waals surface area contributed by atoms with Crippen LogP contribution in [0.25, 0.3) is 0 Å². The van der Waals surface area contributed by atoms with Gasteiger partial charge in [0.25, 0.3) is 0 Å². The molecule has 0 saturated heterocycles. The van der Waals surface area contributed by atoms with Crippen molar-refractivity contribution in [2.45, 2.75) is 37.5 Å². The highest BCUT2D eigenvalue weighted by Crippen LogP contribution is 2.47. The molecule has 0 radical (unpaired) electrons. The maximum Gasteiger partial charge on any atom is 0.222 e. The molecule has 0 aliphatic heterocycles. The highest BCUT2D eigenvalue weighted by atomic mass is 35.5. The summed E-state index contributed by atoms with van der Waals surface area (Å²) in [7, 11) is 0. The van der Waals surface area contributed by atoms with Gasteiger partial charge in [0.2, 0.25) is 5.28 Å². The van der Waals surface area contributed by atoms with Crippen molar-refractivity contribution >= 4 is 17.3 Å². The Labute approximate surface area is 87.7 Å². The fraction of sp³-hybridized carbons (Fsp3) is 0.600. The Morgan fingerprint density at radius 3 is 1.79 bits per heavy atom. The Kier molecular flexibility index (Phi) is 1.71. The molecule has 0 aromatic carbocycles. The summed E-state index contributed by atoms with van der Waals surface area (Å²) >= 11 is 5.89. The van der Waals surface area contributed by atoms with Gasteiger partial charge in [0.05, 0.1) is 17.1 Å². The molecule has 0 spiro atoms. The van der Waals surface area contributed by atoms with Crippen LogP contribution in [0.2, 0.25) is 5.28 Å². The van der Waals surface area contributed by atoms with Crippen molar-refractivity contribution in [2.75, 3.05) is 5.73 Å². The van der Waals surface area contributed by atoms with Crippen LogP contribution in [-0.4, -0.2) is 9.97 Å². The van der Waals surface area contributed by atoms with Crippen LogP contribution < -0.4 is 5.73 Å². The molecule has 1 aromatic rings. The van der Waals surface area contributed by atoms with Gasteiger partial charge in [-0.1, -0.05) is 0 Å². The van der Waals surface area contributed by atoms with Crippen LogP contribution >= 0.6 is 11.6 Å². The number of hydrogen-bond acceptors (Lipinski definition) is 3. The second kappa shape index (κ2) is 2.83. The van der Waals surface area contributed by atoms with E-state index < -0.39 is 0 Å². The number of nitrogen functional groups attached to an aromatic ring is 1. The molecule has 2 aliphatic rings. The molecule has 14 heavy (non-hydrogen) atoms. The number of halogens is 1. The van der Waals surface area contributed by atoms with Gasteiger partial charge >= 0.3 is 0 Å². The maximum atomic E-state index is 6.05. The zero-order valence-corrected chi connectivity index (χ0v) is 8.59. The minimum atomic E-state index is 0.364. The first-order chi connectivity index (χ1) is 6.75. The van der Waals surface area contributed by atoms with Crippen molar-refractivity contribution in [3.8, 4) is 0 Å². The van der Waals surface area contributed by atoms with Crippen LogP contribution in [0.1, 0.15) is 48.9 Å². The first-order valence-corrected chi connectivity index (χ1v) is 5.46. The molecule has 0 atom stereocenters. The Morgan fingerprint density at radius 1 is 1.00 bits per heavy atom. The zero-order valence-electron chi connectivity index (χ0n) is 7.83. The summed E-state index contributed by atoms with van der Waals surface area (Å²) in [4.78, 5) is 8.47. The third kappa shape index (κ3) is 1.36. The number of nitrogens with zero attached hydrogens (tertiary/aromatic N) is 2. The Bertz CT molecular complexity index is 350. The summed E-state index contributed by atoms with van der Waals surface area (Å²) in [5.74, 6) is 1.10. The molecule has 2 aliphatic carbocycles. The van der Waals surface area contributed by atoms with Gasteiger partial charge in [-0.2, -0.15) is 0 Å². The lowest BCUT2D eigenvalue weighted by Gasteiger charge is -2.08. The quantitative estimate of drug-likeness (QED) is 0.762. The smallest absolute Gasteiger partial charge is 0.222 e.